The summed E-state index contributed by atoms with van der Waals surface area (Å²) in [7, 11) is 1.70. The minimum absolute atomic E-state index is 0.0671. The van der Waals surface area contributed by atoms with E-state index in [1.54, 1.807) is 7.11 Å². The second kappa shape index (κ2) is 7.21. The number of ether oxygens (including phenoxy) is 2. The summed E-state index contributed by atoms with van der Waals surface area (Å²) in [6.45, 7) is 4.89. The monoisotopic (exact) mass is 285 g/mol. The Morgan fingerprint density at radius 1 is 1.35 bits per heavy atom. The van der Waals surface area contributed by atoms with Crippen molar-refractivity contribution < 1.29 is 14.6 Å². The fraction of sp³-hybridized carbons (Fsp3) is 1.00. The van der Waals surface area contributed by atoms with Gasteiger partial charge in [0.1, 0.15) is 0 Å². The Labute approximate surface area is 123 Å². The van der Waals surface area contributed by atoms with Crippen molar-refractivity contribution in [1.29, 1.82) is 0 Å². The van der Waals surface area contributed by atoms with Crippen molar-refractivity contribution in [1.82, 2.24) is 5.32 Å². The van der Waals surface area contributed by atoms with Crippen LogP contribution in [0.3, 0.4) is 0 Å². The van der Waals surface area contributed by atoms with E-state index in [9.17, 15) is 5.11 Å². The summed E-state index contributed by atoms with van der Waals surface area (Å²) >= 11 is 0. The van der Waals surface area contributed by atoms with Crippen molar-refractivity contribution in [3.05, 3.63) is 0 Å². The summed E-state index contributed by atoms with van der Waals surface area (Å²) in [5, 5.41) is 14.1. The average molecular weight is 285 g/mol. The van der Waals surface area contributed by atoms with E-state index in [2.05, 4.69) is 5.32 Å². The molecule has 4 heteroatoms. The highest BCUT2D eigenvalue weighted by molar-refractivity contribution is 4.96. The van der Waals surface area contributed by atoms with Crippen LogP contribution in [-0.2, 0) is 9.47 Å². The molecular weight excluding hydrogens is 254 g/mol. The zero-order chi connectivity index (χ0) is 14.5. The quantitative estimate of drug-likeness (QED) is 0.734. The Morgan fingerprint density at radius 2 is 2.10 bits per heavy atom. The van der Waals surface area contributed by atoms with Crippen LogP contribution in [0.15, 0.2) is 0 Å². The third kappa shape index (κ3) is 4.17. The predicted molar refractivity (Wildman–Crippen MR) is 79.9 cm³/mol. The first-order valence-corrected chi connectivity index (χ1v) is 8.14. The Bertz CT molecular complexity index is 282. The minimum Gasteiger partial charge on any atom is -0.389 e. The van der Waals surface area contributed by atoms with Gasteiger partial charge in [-0.1, -0.05) is 19.3 Å². The van der Waals surface area contributed by atoms with E-state index in [-0.39, 0.29) is 5.60 Å². The first-order valence-electron chi connectivity index (χ1n) is 8.14. The first-order chi connectivity index (χ1) is 9.58. The molecule has 0 radical (unpaired) electrons. The highest BCUT2D eigenvalue weighted by Gasteiger charge is 2.44. The molecular formula is C16H31NO3. The maximum atomic E-state index is 10.8. The van der Waals surface area contributed by atoms with Gasteiger partial charge in [0.2, 0.25) is 0 Å². The van der Waals surface area contributed by atoms with Gasteiger partial charge in [-0.05, 0) is 38.5 Å². The van der Waals surface area contributed by atoms with Gasteiger partial charge in [-0.2, -0.15) is 0 Å². The van der Waals surface area contributed by atoms with Crippen molar-refractivity contribution in [3.8, 4) is 0 Å². The van der Waals surface area contributed by atoms with E-state index >= 15 is 0 Å². The van der Waals surface area contributed by atoms with Crippen LogP contribution in [0.2, 0.25) is 0 Å². The smallest absolute Gasteiger partial charge is 0.0773 e. The van der Waals surface area contributed by atoms with Gasteiger partial charge in [0.15, 0.2) is 0 Å². The molecule has 2 fully saturated rings. The topological polar surface area (TPSA) is 50.7 Å². The van der Waals surface area contributed by atoms with Crippen molar-refractivity contribution in [2.45, 2.75) is 63.1 Å². The molecule has 0 aromatic heterocycles. The van der Waals surface area contributed by atoms with Crippen molar-refractivity contribution >= 4 is 0 Å². The number of nitrogens with one attached hydrogen (secondary N) is 1. The molecule has 4 nitrogen and oxygen atoms in total. The van der Waals surface area contributed by atoms with Crippen molar-refractivity contribution in [2.24, 2.45) is 5.92 Å². The molecule has 2 rings (SSSR count). The van der Waals surface area contributed by atoms with Gasteiger partial charge >= 0.3 is 0 Å². The molecule has 20 heavy (non-hydrogen) atoms. The van der Waals surface area contributed by atoms with Crippen molar-refractivity contribution in [2.75, 3.05) is 33.4 Å². The standard InChI is InChI=1S/C16H31NO3/c1-15(18,13-17-9-11-19-2)14-6-10-20-16(12-14)7-4-3-5-8-16/h14,17-18H,3-13H2,1-2H3. The Balaban J connectivity index is 1.86. The highest BCUT2D eigenvalue weighted by atomic mass is 16.5. The lowest BCUT2D eigenvalue weighted by Crippen LogP contribution is -2.52. The largest absolute Gasteiger partial charge is 0.389 e. The predicted octanol–water partition coefficient (Wildman–Crippen LogP) is 2.10. The molecule has 0 bridgehead atoms. The molecule has 2 N–H and O–H groups in total. The minimum atomic E-state index is -0.651. The van der Waals surface area contributed by atoms with Crippen LogP contribution in [0.25, 0.3) is 0 Å². The van der Waals surface area contributed by atoms with E-state index in [0.717, 1.165) is 26.0 Å². The molecule has 118 valence electrons. The summed E-state index contributed by atoms with van der Waals surface area (Å²) in [6.07, 6.45) is 8.24. The summed E-state index contributed by atoms with van der Waals surface area (Å²) < 4.78 is 11.2. The van der Waals surface area contributed by atoms with E-state index in [0.29, 0.717) is 19.1 Å². The lowest BCUT2D eigenvalue weighted by Gasteiger charge is -2.47. The van der Waals surface area contributed by atoms with Crippen LogP contribution < -0.4 is 5.32 Å². The average Bonchev–Trinajstić information content (AvgIpc) is 2.45. The van der Waals surface area contributed by atoms with Crippen LogP contribution in [0.4, 0.5) is 0 Å². The second-order valence-electron chi connectivity index (χ2n) is 6.81. The molecule has 1 aliphatic heterocycles. The van der Waals surface area contributed by atoms with E-state index < -0.39 is 5.60 Å². The fourth-order valence-electron chi connectivity index (χ4n) is 3.76. The van der Waals surface area contributed by atoms with Gasteiger partial charge in [-0.15, -0.1) is 0 Å². The van der Waals surface area contributed by atoms with E-state index in [4.69, 9.17) is 9.47 Å². The van der Waals surface area contributed by atoms with E-state index in [1.807, 2.05) is 6.92 Å². The number of methoxy groups -OCH3 is 1. The highest BCUT2D eigenvalue weighted by Crippen LogP contribution is 2.43. The SMILES string of the molecule is COCCNCC(C)(O)C1CCOC2(CCCCC2)C1. The normalized spacial score (nSPS) is 29.2. The van der Waals surface area contributed by atoms with Crippen LogP contribution >= 0.6 is 0 Å². The number of rotatable bonds is 6. The Hall–Kier alpha value is -0.160. The zero-order valence-electron chi connectivity index (χ0n) is 13.1. The molecule has 1 saturated carbocycles. The van der Waals surface area contributed by atoms with Gasteiger partial charge in [0, 0.05) is 26.8 Å². The summed E-state index contributed by atoms with van der Waals surface area (Å²) in [5.41, 5.74) is -0.584. The van der Waals surface area contributed by atoms with Crippen LogP contribution in [0.5, 0.6) is 0 Å². The second-order valence-corrected chi connectivity index (χ2v) is 6.81. The molecule has 2 unspecified atom stereocenters. The molecule has 2 atom stereocenters. The molecule has 1 saturated heterocycles. The van der Waals surface area contributed by atoms with Crippen LogP contribution in [0.1, 0.15) is 51.9 Å². The third-order valence-electron chi connectivity index (χ3n) is 5.10. The number of aliphatic hydroxyl groups is 1. The molecule has 2 aliphatic rings. The molecule has 1 aliphatic carbocycles. The van der Waals surface area contributed by atoms with Gasteiger partial charge in [0.05, 0.1) is 17.8 Å². The third-order valence-corrected chi connectivity index (χ3v) is 5.10. The number of hydrogen-bond donors (Lipinski definition) is 2. The first kappa shape index (κ1) is 16.2. The molecule has 0 amide bonds. The van der Waals surface area contributed by atoms with Gasteiger partial charge in [-0.3, -0.25) is 0 Å². The van der Waals surface area contributed by atoms with Gasteiger partial charge in [-0.25, -0.2) is 0 Å². The molecule has 1 heterocycles. The van der Waals surface area contributed by atoms with Crippen molar-refractivity contribution in [3.63, 3.8) is 0 Å². The summed E-state index contributed by atoms with van der Waals surface area (Å²) in [5.74, 6) is 0.337. The Morgan fingerprint density at radius 3 is 2.80 bits per heavy atom. The maximum Gasteiger partial charge on any atom is 0.0773 e. The maximum absolute atomic E-state index is 10.8. The molecule has 0 aromatic rings. The van der Waals surface area contributed by atoms with Crippen LogP contribution in [-0.4, -0.2) is 49.7 Å². The van der Waals surface area contributed by atoms with Gasteiger partial charge < -0.3 is 19.9 Å². The van der Waals surface area contributed by atoms with E-state index in [1.165, 1.54) is 32.1 Å². The summed E-state index contributed by atoms with van der Waals surface area (Å²) in [4.78, 5) is 0. The van der Waals surface area contributed by atoms with Crippen LogP contribution in [0, 0.1) is 5.92 Å². The number of hydrogen-bond acceptors (Lipinski definition) is 4. The Kier molecular flexibility index (Phi) is 5.84. The molecule has 1 spiro atoms. The van der Waals surface area contributed by atoms with Gasteiger partial charge in [0.25, 0.3) is 0 Å². The summed E-state index contributed by atoms with van der Waals surface area (Å²) in [6, 6.07) is 0. The lowest BCUT2D eigenvalue weighted by molar-refractivity contribution is -0.151. The zero-order valence-corrected chi connectivity index (χ0v) is 13.1. The molecule has 0 aromatic carbocycles. The fourth-order valence-corrected chi connectivity index (χ4v) is 3.76. The lowest BCUT2D eigenvalue weighted by atomic mass is 9.71.